The van der Waals surface area contributed by atoms with Gasteiger partial charge < -0.3 is 15.2 Å². The second-order valence-corrected chi connectivity index (χ2v) is 6.31. The van der Waals surface area contributed by atoms with E-state index in [1.807, 2.05) is 11.1 Å². The van der Waals surface area contributed by atoms with Crippen LogP contribution in [0.25, 0.3) is 10.9 Å². The van der Waals surface area contributed by atoms with Crippen molar-refractivity contribution in [1.29, 1.82) is 0 Å². The number of amides is 2. The molecule has 0 aliphatic carbocycles. The Bertz CT molecular complexity index is 680. The van der Waals surface area contributed by atoms with Gasteiger partial charge in [0.15, 0.2) is 0 Å². The zero-order chi connectivity index (χ0) is 14.9. The molecule has 2 aliphatic rings. The van der Waals surface area contributed by atoms with Gasteiger partial charge in [0.25, 0.3) is 0 Å². The number of aromatic nitrogens is 1. The highest BCUT2D eigenvalue weighted by Crippen LogP contribution is 2.23. The lowest BCUT2D eigenvalue weighted by Gasteiger charge is -2.37. The van der Waals surface area contributed by atoms with E-state index in [9.17, 15) is 4.79 Å². The number of carbonyl (C=O) groups excluding carboxylic acids is 1. The van der Waals surface area contributed by atoms with Crippen molar-refractivity contribution in [3.05, 3.63) is 36.0 Å². The summed E-state index contributed by atoms with van der Waals surface area (Å²) in [4.78, 5) is 19.7. The first-order valence-electron chi connectivity index (χ1n) is 8.13. The smallest absolute Gasteiger partial charge is 0.317 e. The predicted molar refractivity (Wildman–Crippen MR) is 86.7 cm³/mol. The second-order valence-electron chi connectivity index (χ2n) is 6.31. The van der Waals surface area contributed by atoms with Gasteiger partial charge in [0.05, 0.1) is 0 Å². The normalized spacial score (nSPS) is 23.2. The van der Waals surface area contributed by atoms with Gasteiger partial charge in [-0.25, -0.2) is 4.79 Å². The first-order valence-corrected chi connectivity index (χ1v) is 8.13. The third kappa shape index (κ3) is 2.46. The quantitative estimate of drug-likeness (QED) is 0.912. The van der Waals surface area contributed by atoms with Gasteiger partial charge in [0.1, 0.15) is 0 Å². The van der Waals surface area contributed by atoms with E-state index in [2.05, 4.69) is 39.5 Å². The zero-order valence-electron chi connectivity index (χ0n) is 12.7. The number of hydrogen-bond acceptors (Lipinski definition) is 2. The van der Waals surface area contributed by atoms with Crippen molar-refractivity contribution in [2.45, 2.75) is 25.4 Å². The minimum Gasteiger partial charge on any atom is -0.361 e. The van der Waals surface area contributed by atoms with Crippen LogP contribution < -0.4 is 5.32 Å². The SMILES string of the molecule is O=C1NCCN1C1CCCN(Cc2cccc3[nH]ccc23)C1. The highest BCUT2D eigenvalue weighted by molar-refractivity contribution is 5.82. The topological polar surface area (TPSA) is 51.4 Å². The maximum atomic E-state index is 11.9. The number of hydrogen-bond donors (Lipinski definition) is 2. The molecule has 4 rings (SSSR count). The number of H-pyrrole nitrogens is 1. The van der Waals surface area contributed by atoms with E-state index in [-0.39, 0.29) is 6.03 Å². The van der Waals surface area contributed by atoms with Gasteiger partial charge in [0.2, 0.25) is 0 Å². The fraction of sp³-hybridized carbons (Fsp3) is 0.471. The molecule has 0 spiro atoms. The Morgan fingerprint density at radius 2 is 2.18 bits per heavy atom. The molecule has 22 heavy (non-hydrogen) atoms. The number of fused-ring (bicyclic) bond motifs is 1. The van der Waals surface area contributed by atoms with Crippen molar-refractivity contribution in [3.63, 3.8) is 0 Å². The minimum atomic E-state index is 0.111. The molecule has 0 radical (unpaired) electrons. The summed E-state index contributed by atoms with van der Waals surface area (Å²) in [6, 6.07) is 9.07. The highest BCUT2D eigenvalue weighted by Gasteiger charge is 2.31. The summed E-state index contributed by atoms with van der Waals surface area (Å²) in [6.07, 6.45) is 4.29. The molecule has 2 amide bonds. The van der Waals surface area contributed by atoms with Crippen LogP contribution in [0.1, 0.15) is 18.4 Å². The standard InChI is InChI=1S/C17H22N4O/c22-17-19-8-10-21(17)14-4-2-9-20(12-14)11-13-3-1-5-16-15(13)6-7-18-16/h1,3,5-7,14,18H,2,4,8-12H2,(H,19,22). The summed E-state index contributed by atoms with van der Waals surface area (Å²) in [5, 5.41) is 4.23. The van der Waals surface area contributed by atoms with Crippen LogP contribution in [0.3, 0.4) is 0 Å². The number of rotatable bonds is 3. The molecule has 1 atom stereocenters. The molecule has 2 aliphatic heterocycles. The monoisotopic (exact) mass is 298 g/mol. The number of urea groups is 1. The Balaban J connectivity index is 1.48. The predicted octanol–water partition coefficient (Wildman–Crippen LogP) is 2.16. The average Bonchev–Trinajstić information content (AvgIpc) is 3.17. The highest BCUT2D eigenvalue weighted by atomic mass is 16.2. The fourth-order valence-electron chi connectivity index (χ4n) is 3.79. The van der Waals surface area contributed by atoms with Crippen LogP contribution in [-0.4, -0.2) is 53.0 Å². The molecule has 5 heteroatoms. The maximum Gasteiger partial charge on any atom is 0.317 e. The number of nitrogens with zero attached hydrogens (tertiary/aromatic N) is 2. The van der Waals surface area contributed by atoms with E-state index in [0.717, 1.165) is 45.6 Å². The number of piperidine rings is 1. The number of benzene rings is 1. The van der Waals surface area contributed by atoms with E-state index in [0.29, 0.717) is 6.04 Å². The van der Waals surface area contributed by atoms with Crippen LogP contribution in [0.4, 0.5) is 4.79 Å². The Kier molecular flexibility index (Phi) is 3.50. The molecule has 2 N–H and O–H groups in total. The Morgan fingerprint density at radius 3 is 3.05 bits per heavy atom. The molecule has 1 unspecified atom stereocenters. The average molecular weight is 298 g/mol. The summed E-state index contributed by atoms with van der Waals surface area (Å²) in [5.74, 6) is 0. The molecule has 0 saturated carbocycles. The zero-order valence-corrected chi connectivity index (χ0v) is 12.7. The summed E-state index contributed by atoms with van der Waals surface area (Å²) < 4.78 is 0. The minimum absolute atomic E-state index is 0.111. The summed E-state index contributed by atoms with van der Waals surface area (Å²) in [7, 11) is 0. The van der Waals surface area contributed by atoms with Crippen molar-refractivity contribution in [2.75, 3.05) is 26.2 Å². The van der Waals surface area contributed by atoms with Crippen molar-refractivity contribution >= 4 is 16.9 Å². The van der Waals surface area contributed by atoms with E-state index in [4.69, 9.17) is 0 Å². The molecule has 0 bridgehead atoms. The molecule has 116 valence electrons. The number of carbonyl (C=O) groups is 1. The van der Waals surface area contributed by atoms with Crippen LogP contribution in [0, 0.1) is 0 Å². The van der Waals surface area contributed by atoms with E-state index >= 15 is 0 Å². The molecule has 2 fully saturated rings. The maximum absolute atomic E-state index is 11.9. The van der Waals surface area contributed by atoms with Crippen molar-refractivity contribution in [3.8, 4) is 0 Å². The second kappa shape index (κ2) is 5.65. The number of likely N-dealkylation sites (tertiary alicyclic amines) is 1. The van der Waals surface area contributed by atoms with Gasteiger partial charge in [-0.15, -0.1) is 0 Å². The van der Waals surface area contributed by atoms with Crippen molar-refractivity contribution in [2.24, 2.45) is 0 Å². The molecule has 2 aromatic rings. The van der Waals surface area contributed by atoms with Crippen LogP contribution in [-0.2, 0) is 6.54 Å². The van der Waals surface area contributed by atoms with Gasteiger partial charge in [-0.3, -0.25) is 4.90 Å². The number of aromatic amines is 1. The lowest BCUT2D eigenvalue weighted by molar-refractivity contribution is 0.122. The van der Waals surface area contributed by atoms with E-state index < -0.39 is 0 Å². The Morgan fingerprint density at radius 1 is 1.23 bits per heavy atom. The first kappa shape index (κ1) is 13.6. The van der Waals surface area contributed by atoms with Crippen LogP contribution in [0.5, 0.6) is 0 Å². The lowest BCUT2D eigenvalue weighted by atomic mass is 10.0. The Labute approximate surface area is 130 Å². The third-order valence-electron chi connectivity index (χ3n) is 4.89. The van der Waals surface area contributed by atoms with Gasteiger partial charge in [0, 0.05) is 49.3 Å². The van der Waals surface area contributed by atoms with Crippen LogP contribution >= 0.6 is 0 Å². The summed E-state index contributed by atoms with van der Waals surface area (Å²) in [5.41, 5.74) is 2.57. The summed E-state index contributed by atoms with van der Waals surface area (Å²) in [6.45, 7) is 4.70. The van der Waals surface area contributed by atoms with Crippen molar-refractivity contribution < 1.29 is 4.79 Å². The summed E-state index contributed by atoms with van der Waals surface area (Å²) >= 11 is 0. The van der Waals surface area contributed by atoms with Gasteiger partial charge in [-0.05, 0) is 37.1 Å². The van der Waals surface area contributed by atoms with Gasteiger partial charge in [-0.1, -0.05) is 12.1 Å². The largest absolute Gasteiger partial charge is 0.361 e. The number of nitrogens with one attached hydrogen (secondary N) is 2. The molecular weight excluding hydrogens is 276 g/mol. The van der Waals surface area contributed by atoms with Crippen molar-refractivity contribution in [1.82, 2.24) is 20.1 Å². The first-order chi connectivity index (χ1) is 10.8. The fourth-order valence-corrected chi connectivity index (χ4v) is 3.79. The molecular formula is C17H22N4O. The van der Waals surface area contributed by atoms with E-state index in [1.165, 1.54) is 16.5 Å². The molecule has 1 aromatic carbocycles. The van der Waals surface area contributed by atoms with Gasteiger partial charge >= 0.3 is 6.03 Å². The van der Waals surface area contributed by atoms with Gasteiger partial charge in [-0.2, -0.15) is 0 Å². The lowest BCUT2D eigenvalue weighted by Crippen LogP contribution is -2.48. The van der Waals surface area contributed by atoms with Crippen LogP contribution in [0.2, 0.25) is 0 Å². The van der Waals surface area contributed by atoms with Crippen LogP contribution in [0.15, 0.2) is 30.5 Å². The Hall–Kier alpha value is -2.01. The third-order valence-corrected chi connectivity index (χ3v) is 4.89. The molecule has 1 aromatic heterocycles. The molecule has 2 saturated heterocycles. The molecule has 5 nitrogen and oxygen atoms in total. The molecule has 3 heterocycles. The van der Waals surface area contributed by atoms with E-state index in [1.54, 1.807) is 0 Å².